The fourth-order valence-corrected chi connectivity index (χ4v) is 3.02. The number of ether oxygens (including phenoxy) is 1. The van der Waals surface area contributed by atoms with Gasteiger partial charge in [-0.25, -0.2) is 0 Å². The molecule has 2 unspecified atom stereocenters. The molecule has 1 aliphatic rings. The van der Waals surface area contributed by atoms with E-state index in [0.717, 1.165) is 24.0 Å². The van der Waals surface area contributed by atoms with Crippen molar-refractivity contribution in [2.24, 2.45) is 5.92 Å². The maximum absolute atomic E-state index is 5.69. The topological polar surface area (TPSA) is 21.3 Å². The molecule has 0 saturated heterocycles. The minimum atomic E-state index is 0.609. The predicted octanol–water partition coefficient (Wildman–Crippen LogP) is 4.86. The summed E-state index contributed by atoms with van der Waals surface area (Å²) in [6.07, 6.45) is 8.04. The van der Waals surface area contributed by atoms with E-state index in [9.17, 15) is 0 Å². The van der Waals surface area contributed by atoms with Crippen LogP contribution in [-0.4, -0.2) is 12.6 Å². The third-order valence-corrected chi connectivity index (χ3v) is 4.21. The van der Waals surface area contributed by atoms with Gasteiger partial charge >= 0.3 is 0 Å². The summed E-state index contributed by atoms with van der Waals surface area (Å²) in [5.41, 5.74) is 1.16. The van der Waals surface area contributed by atoms with Gasteiger partial charge < -0.3 is 10.1 Å². The smallest absolute Gasteiger partial charge is 0.142 e. The lowest BCUT2D eigenvalue weighted by molar-refractivity contribution is 0.341. The molecular formula is C17H27NO. The van der Waals surface area contributed by atoms with E-state index in [0.29, 0.717) is 6.04 Å². The summed E-state index contributed by atoms with van der Waals surface area (Å²) in [6, 6.07) is 8.91. The Labute approximate surface area is 117 Å². The largest absolute Gasteiger partial charge is 0.492 e. The van der Waals surface area contributed by atoms with Gasteiger partial charge in [-0.2, -0.15) is 0 Å². The minimum Gasteiger partial charge on any atom is -0.492 e. The van der Waals surface area contributed by atoms with Crippen LogP contribution < -0.4 is 10.1 Å². The van der Waals surface area contributed by atoms with E-state index >= 15 is 0 Å². The van der Waals surface area contributed by atoms with Gasteiger partial charge in [-0.05, 0) is 44.2 Å². The van der Waals surface area contributed by atoms with Crippen LogP contribution in [0.15, 0.2) is 24.3 Å². The van der Waals surface area contributed by atoms with Crippen LogP contribution in [0.3, 0.4) is 0 Å². The number of hydrogen-bond acceptors (Lipinski definition) is 2. The summed E-state index contributed by atoms with van der Waals surface area (Å²) in [7, 11) is 0. The van der Waals surface area contributed by atoms with Gasteiger partial charge in [0.25, 0.3) is 0 Å². The van der Waals surface area contributed by atoms with Gasteiger partial charge in [-0.3, -0.25) is 0 Å². The van der Waals surface area contributed by atoms with Crippen molar-refractivity contribution in [1.82, 2.24) is 0 Å². The third kappa shape index (κ3) is 4.15. The molecule has 19 heavy (non-hydrogen) atoms. The Hall–Kier alpha value is -1.18. The van der Waals surface area contributed by atoms with E-state index in [1.807, 2.05) is 13.0 Å². The molecule has 0 aliphatic heterocycles. The number of para-hydroxylation sites is 2. The quantitative estimate of drug-likeness (QED) is 0.764. The van der Waals surface area contributed by atoms with Crippen molar-refractivity contribution >= 4 is 5.69 Å². The highest BCUT2D eigenvalue weighted by Gasteiger charge is 2.18. The SMILES string of the molecule is CCOc1ccccc1NC1CCCC(CC)CC1. The van der Waals surface area contributed by atoms with Gasteiger partial charge in [0.15, 0.2) is 0 Å². The predicted molar refractivity (Wildman–Crippen MR) is 81.9 cm³/mol. The highest BCUT2D eigenvalue weighted by Crippen LogP contribution is 2.30. The molecule has 1 aromatic rings. The Morgan fingerprint density at radius 2 is 1.95 bits per heavy atom. The van der Waals surface area contributed by atoms with Crippen LogP contribution in [0.2, 0.25) is 0 Å². The van der Waals surface area contributed by atoms with Crippen molar-refractivity contribution in [2.45, 2.75) is 58.4 Å². The standard InChI is InChI=1S/C17H27NO/c1-3-14-8-7-9-15(13-12-14)18-16-10-5-6-11-17(16)19-4-2/h5-6,10-11,14-15,18H,3-4,7-9,12-13H2,1-2H3. The zero-order chi connectivity index (χ0) is 13.5. The normalized spacial score (nSPS) is 23.7. The molecule has 2 atom stereocenters. The van der Waals surface area contributed by atoms with E-state index in [4.69, 9.17) is 4.74 Å². The Kier molecular flexibility index (Phi) is 5.56. The molecule has 1 saturated carbocycles. The molecule has 1 N–H and O–H groups in total. The second-order valence-electron chi connectivity index (χ2n) is 5.55. The Balaban J connectivity index is 1.96. The third-order valence-electron chi connectivity index (χ3n) is 4.21. The average molecular weight is 261 g/mol. The van der Waals surface area contributed by atoms with E-state index in [1.165, 1.54) is 38.5 Å². The van der Waals surface area contributed by atoms with Crippen molar-refractivity contribution in [1.29, 1.82) is 0 Å². The lowest BCUT2D eigenvalue weighted by atomic mass is 9.98. The molecule has 0 aromatic heterocycles. The van der Waals surface area contributed by atoms with Crippen LogP contribution >= 0.6 is 0 Å². The van der Waals surface area contributed by atoms with Gasteiger partial charge in [0.2, 0.25) is 0 Å². The van der Waals surface area contributed by atoms with Crippen LogP contribution in [-0.2, 0) is 0 Å². The lowest BCUT2D eigenvalue weighted by Gasteiger charge is -2.20. The summed E-state index contributed by atoms with van der Waals surface area (Å²) >= 11 is 0. The Bertz CT molecular complexity index is 377. The molecule has 1 aliphatic carbocycles. The van der Waals surface area contributed by atoms with Crippen LogP contribution in [0.5, 0.6) is 5.75 Å². The molecule has 0 amide bonds. The summed E-state index contributed by atoms with van der Waals surface area (Å²) in [5.74, 6) is 1.93. The first-order valence-electron chi connectivity index (χ1n) is 7.81. The average Bonchev–Trinajstić information content (AvgIpc) is 2.66. The van der Waals surface area contributed by atoms with Crippen LogP contribution in [0.4, 0.5) is 5.69 Å². The van der Waals surface area contributed by atoms with Gasteiger partial charge in [0.1, 0.15) is 5.75 Å². The van der Waals surface area contributed by atoms with Gasteiger partial charge in [-0.1, -0.05) is 38.3 Å². The highest BCUT2D eigenvalue weighted by atomic mass is 16.5. The number of hydrogen-bond donors (Lipinski definition) is 1. The zero-order valence-corrected chi connectivity index (χ0v) is 12.3. The van der Waals surface area contributed by atoms with Crippen molar-refractivity contribution < 1.29 is 4.74 Å². The van der Waals surface area contributed by atoms with Crippen molar-refractivity contribution in [3.63, 3.8) is 0 Å². The summed E-state index contributed by atoms with van der Waals surface area (Å²) in [6.45, 7) is 5.08. The van der Waals surface area contributed by atoms with E-state index in [2.05, 4.69) is 30.4 Å². The first-order valence-corrected chi connectivity index (χ1v) is 7.81. The fraction of sp³-hybridized carbons (Fsp3) is 0.647. The van der Waals surface area contributed by atoms with Crippen LogP contribution in [0.1, 0.15) is 52.4 Å². The molecule has 0 heterocycles. The summed E-state index contributed by atoms with van der Waals surface area (Å²) in [4.78, 5) is 0. The number of nitrogens with one attached hydrogen (secondary N) is 1. The van der Waals surface area contributed by atoms with Gasteiger partial charge in [-0.15, -0.1) is 0 Å². The second kappa shape index (κ2) is 7.42. The minimum absolute atomic E-state index is 0.609. The molecule has 2 heteroatoms. The molecule has 0 radical (unpaired) electrons. The molecule has 0 bridgehead atoms. The molecule has 1 fully saturated rings. The van der Waals surface area contributed by atoms with Crippen molar-refractivity contribution in [2.75, 3.05) is 11.9 Å². The number of rotatable bonds is 5. The molecule has 1 aromatic carbocycles. The van der Waals surface area contributed by atoms with Gasteiger partial charge in [0, 0.05) is 6.04 Å². The van der Waals surface area contributed by atoms with Crippen LogP contribution in [0.25, 0.3) is 0 Å². The second-order valence-corrected chi connectivity index (χ2v) is 5.55. The summed E-state index contributed by atoms with van der Waals surface area (Å²) < 4.78 is 5.69. The monoisotopic (exact) mass is 261 g/mol. The lowest BCUT2D eigenvalue weighted by Crippen LogP contribution is -2.19. The molecule has 106 valence electrons. The van der Waals surface area contributed by atoms with E-state index < -0.39 is 0 Å². The maximum Gasteiger partial charge on any atom is 0.142 e. The Morgan fingerprint density at radius 3 is 2.74 bits per heavy atom. The van der Waals surface area contributed by atoms with E-state index in [1.54, 1.807) is 0 Å². The van der Waals surface area contributed by atoms with E-state index in [-0.39, 0.29) is 0 Å². The summed E-state index contributed by atoms with van der Waals surface area (Å²) in [5, 5.41) is 3.69. The van der Waals surface area contributed by atoms with Gasteiger partial charge in [0.05, 0.1) is 12.3 Å². The first kappa shape index (κ1) is 14.2. The molecule has 2 rings (SSSR count). The Morgan fingerprint density at radius 1 is 1.11 bits per heavy atom. The first-order chi connectivity index (χ1) is 9.33. The van der Waals surface area contributed by atoms with Crippen molar-refractivity contribution in [3.8, 4) is 5.75 Å². The number of benzene rings is 1. The van der Waals surface area contributed by atoms with Crippen LogP contribution in [0, 0.1) is 5.92 Å². The maximum atomic E-state index is 5.69. The van der Waals surface area contributed by atoms with Crippen molar-refractivity contribution in [3.05, 3.63) is 24.3 Å². The fourth-order valence-electron chi connectivity index (χ4n) is 3.02. The molecule has 2 nitrogen and oxygen atoms in total. The molecular weight excluding hydrogens is 234 g/mol. The molecule has 0 spiro atoms. The zero-order valence-electron chi connectivity index (χ0n) is 12.3. The highest BCUT2D eigenvalue weighted by molar-refractivity contribution is 5.56. The number of anilines is 1.